The van der Waals surface area contributed by atoms with Crippen molar-refractivity contribution in [3.8, 4) is 0 Å². The van der Waals surface area contributed by atoms with Crippen molar-refractivity contribution in [3.05, 3.63) is 35.9 Å². The third-order valence-corrected chi connectivity index (χ3v) is 3.20. The van der Waals surface area contributed by atoms with Crippen molar-refractivity contribution in [2.75, 3.05) is 23.4 Å². The third kappa shape index (κ3) is 2.62. The van der Waals surface area contributed by atoms with E-state index in [-0.39, 0.29) is 24.0 Å². The van der Waals surface area contributed by atoms with Gasteiger partial charge in [-0.05, 0) is 12.0 Å². The molecule has 1 aliphatic heterocycles. The molecule has 104 valence electrons. The van der Waals surface area contributed by atoms with Crippen LogP contribution in [0.3, 0.4) is 0 Å². The lowest BCUT2D eigenvalue weighted by atomic mass is 10.0. The van der Waals surface area contributed by atoms with Crippen molar-refractivity contribution in [2.45, 2.75) is 18.6 Å². The van der Waals surface area contributed by atoms with Crippen LogP contribution in [0.4, 0.5) is 17.8 Å². The molecule has 0 amide bonds. The van der Waals surface area contributed by atoms with Crippen LogP contribution in [-0.2, 0) is 4.74 Å². The van der Waals surface area contributed by atoms with Crippen LogP contribution in [0.1, 0.15) is 18.1 Å². The fourth-order valence-corrected chi connectivity index (χ4v) is 2.35. The summed E-state index contributed by atoms with van der Waals surface area (Å²) in [5.41, 5.74) is 12.3. The van der Waals surface area contributed by atoms with E-state index < -0.39 is 0 Å². The first-order valence-corrected chi connectivity index (χ1v) is 6.42. The predicted molar refractivity (Wildman–Crippen MR) is 75.8 cm³/mol. The topological polar surface area (TPSA) is 112 Å². The second-order valence-corrected chi connectivity index (χ2v) is 4.62. The summed E-state index contributed by atoms with van der Waals surface area (Å²) in [4.78, 5) is 11.8. The zero-order chi connectivity index (χ0) is 13.9. The van der Waals surface area contributed by atoms with Crippen molar-refractivity contribution in [3.63, 3.8) is 0 Å². The van der Waals surface area contributed by atoms with Crippen molar-refractivity contribution < 1.29 is 4.74 Å². The summed E-state index contributed by atoms with van der Waals surface area (Å²) < 4.78 is 5.79. The molecule has 2 aromatic rings. The minimum absolute atomic E-state index is 0.0320. The molecule has 0 saturated carbocycles. The van der Waals surface area contributed by atoms with Crippen LogP contribution in [0, 0.1) is 0 Å². The van der Waals surface area contributed by atoms with Gasteiger partial charge >= 0.3 is 0 Å². The quantitative estimate of drug-likeness (QED) is 0.763. The van der Waals surface area contributed by atoms with Gasteiger partial charge in [0.15, 0.2) is 0 Å². The Morgan fingerprint density at radius 3 is 2.45 bits per heavy atom. The number of aromatic nitrogens is 3. The van der Waals surface area contributed by atoms with Crippen LogP contribution >= 0.6 is 0 Å². The Bertz CT molecular complexity index is 570. The van der Waals surface area contributed by atoms with Gasteiger partial charge in [0.2, 0.25) is 17.8 Å². The molecule has 7 heteroatoms. The number of nitrogens with zero attached hydrogens (tertiary/aromatic N) is 3. The Labute approximate surface area is 116 Å². The molecule has 1 saturated heterocycles. The highest BCUT2D eigenvalue weighted by atomic mass is 16.5. The average molecular weight is 272 g/mol. The van der Waals surface area contributed by atoms with Crippen molar-refractivity contribution >= 4 is 17.8 Å². The number of nitrogens with two attached hydrogens (primary N) is 2. The van der Waals surface area contributed by atoms with Gasteiger partial charge in [-0.2, -0.15) is 15.0 Å². The molecule has 0 unspecified atom stereocenters. The minimum atomic E-state index is -0.0320. The van der Waals surface area contributed by atoms with E-state index in [4.69, 9.17) is 16.2 Å². The predicted octanol–water partition coefficient (Wildman–Crippen LogP) is 0.978. The maximum Gasteiger partial charge on any atom is 0.229 e. The molecule has 20 heavy (non-hydrogen) atoms. The second-order valence-electron chi connectivity index (χ2n) is 4.62. The molecule has 2 atom stereocenters. The van der Waals surface area contributed by atoms with Crippen LogP contribution in [-0.4, -0.2) is 27.6 Å². The lowest BCUT2D eigenvalue weighted by Gasteiger charge is -2.20. The standard InChI is InChI=1S/C13H16N6O/c14-11-17-12(15)19-13(18-11)16-9-6-7-20-10(9)8-4-2-1-3-5-8/h1-5,9-10H,6-7H2,(H5,14,15,16,17,18,19)/t9-,10+/m1/s1. The molecule has 0 spiro atoms. The summed E-state index contributed by atoms with van der Waals surface area (Å²) in [6.07, 6.45) is 0.834. The normalized spacial score (nSPS) is 21.8. The first-order valence-electron chi connectivity index (χ1n) is 6.42. The number of benzene rings is 1. The van der Waals surface area contributed by atoms with Crippen LogP contribution < -0.4 is 16.8 Å². The summed E-state index contributed by atoms with van der Waals surface area (Å²) in [6.45, 7) is 0.688. The number of ether oxygens (including phenoxy) is 1. The van der Waals surface area contributed by atoms with Gasteiger partial charge in [0, 0.05) is 6.61 Å². The van der Waals surface area contributed by atoms with Gasteiger partial charge < -0.3 is 21.5 Å². The third-order valence-electron chi connectivity index (χ3n) is 3.20. The van der Waals surface area contributed by atoms with Gasteiger partial charge in [0.25, 0.3) is 0 Å². The summed E-state index contributed by atoms with van der Waals surface area (Å²) in [5.74, 6) is 0.594. The average Bonchev–Trinajstić information content (AvgIpc) is 2.86. The summed E-state index contributed by atoms with van der Waals surface area (Å²) in [5, 5.41) is 3.22. The zero-order valence-electron chi connectivity index (χ0n) is 10.9. The second kappa shape index (κ2) is 5.30. The van der Waals surface area contributed by atoms with Gasteiger partial charge in [0.05, 0.1) is 6.04 Å². The summed E-state index contributed by atoms with van der Waals surface area (Å²) in [7, 11) is 0. The number of anilines is 3. The maximum absolute atomic E-state index is 5.79. The van der Waals surface area contributed by atoms with Crippen LogP contribution in [0.15, 0.2) is 30.3 Å². The fourth-order valence-electron chi connectivity index (χ4n) is 2.35. The number of nitrogens with one attached hydrogen (secondary N) is 1. The van der Waals surface area contributed by atoms with Crippen LogP contribution in [0.2, 0.25) is 0 Å². The summed E-state index contributed by atoms with van der Waals surface area (Å²) in [6, 6.07) is 10.1. The first-order chi connectivity index (χ1) is 9.72. The Hall–Kier alpha value is -2.41. The van der Waals surface area contributed by atoms with E-state index in [1.807, 2.05) is 30.3 Å². The molecule has 0 radical (unpaired) electrons. The molecule has 1 aromatic carbocycles. The molecule has 1 aromatic heterocycles. The van der Waals surface area contributed by atoms with Crippen molar-refractivity contribution in [2.24, 2.45) is 0 Å². The van der Waals surface area contributed by atoms with E-state index in [9.17, 15) is 0 Å². The molecule has 1 fully saturated rings. The van der Waals surface area contributed by atoms with Gasteiger partial charge in [-0.3, -0.25) is 0 Å². The Kier molecular flexibility index (Phi) is 3.34. The lowest BCUT2D eigenvalue weighted by molar-refractivity contribution is 0.107. The van der Waals surface area contributed by atoms with E-state index >= 15 is 0 Å². The molecule has 5 N–H and O–H groups in total. The van der Waals surface area contributed by atoms with E-state index in [0.717, 1.165) is 12.0 Å². The Morgan fingerprint density at radius 1 is 1.05 bits per heavy atom. The Balaban J connectivity index is 1.79. The molecular formula is C13H16N6O. The molecule has 2 heterocycles. The highest BCUT2D eigenvalue weighted by Crippen LogP contribution is 2.30. The molecule has 7 nitrogen and oxygen atoms in total. The van der Waals surface area contributed by atoms with E-state index in [2.05, 4.69) is 20.3 Å². The van der Waals surface area contributed by atoms with E-state index in [0.29, 0.717) is 12.6 Å². The van der Waals surface area contributed by atoms with Gasteiger partial charge in [-0.25, -0.2) is 0 Å². The van der Waals surface area contributed by atoms with Crippen LogP contribution in [0.25, 0.3) is 0 Å². The van der Waals surface area contributed by atoms with E-state index in [1.54, 1.807) is 0 Å². The smallest absolute Gasteiger partial charge is 0.229 e. The number of rotatable bonds is 3. The van der Waals surface area contributed by atoms with Crippen molar-refractivity contribution in [1.29, 1.82) is 0 Å². The zero-order valence-corrected chi connectivity index (χ0v) is 10.9. The van der Waals surface area contributed by atoms with Crippen molar-refractivity contribution in [1.82, 2.24) is 15.0 Å². The van der Waals surface area contributed by atoms with Gasteiger partial charge in [0.1, 0.15) is 6.10 Å². The number of hydrogen-bond donors (Lipinski definition) is 3. The number of nitrogen functional groups attached to an aromatic ring is 2. The highest BCUT2D eigenvalue weighted by molar-refractivity contribution is 5.39. The number of hydrogen-bond acceptors (Lipinski definition) is 7. The molecule has 0 bridgehead atoms. The van der Waals surface area contributed by atoms with Crippen LogP contribution in [0.5, 0.6) is 0 Å². The molecule has 3 rings (SSSR count). The van der Waals surface area contributed by atoms with E-state index in [1.165, 1.54) is 0 Å². The first kappa shape index (κ1) is 12.6. The summed E-state index contributed by atoms with van der Waals surface area (Å²) >= 11 is 0. The minimum Gasteiger partial charge on any atom is -0.371 e. The fraction of sp³-hybridized carbons (Fsp3) is 0.308. The Morgan fingerprint density at radius 2 is 1.75 bits per heavy atom. The van der Waals surface area contributed by atoms with Gasteiger partial charge in [-0.15, -0.1) is 0 Å². The maximum atomic E-state index is 5.79. The van der Waals surface area contributed by atoms with Gasteiger partial charge in [-0.1, -0.05) is 30.3 Å². The molecule has 0 aliphatic carbocycles. The largest absolute Gasteiger partial charge is 0.371 e. The molecular weight excluding hydrogens is 256 g/mol. The highest BCUT2D eigenvalue weighted by Gasteiger charge is 2.30. The lowest BCUT2D eigenvalue weighted by Crippen LogP contribution is -2.25. The SMILES string of the molecule is Nc1nc(N)nc(N[C@@H]2CCO[C@H]2c2ccccc2)n1. The monoisotopic (exact) mass is 272 g/mol. The molecule has 1 aliphatic rings.